The van der Waals surface area contributed by atoms with E-state index in [1.54, 1.807) is 47.3 Å². The van der Waals surface area contributed by atoms with Gasteiger partial charge < -0.3 is 49.3 Å². The van der Waals surface area contributed by atoms with E-state index in [0.29, 0.717) is 42.4 Å². The molecule has 8 heterocycles. The summed E-state index contributed by atoms with van der Waals surface area (Å²) in [5, 5.41) is 32.4. The number of alkyl carbamates (subject to hydrolysis) is 1. The standard InChI is InChI=1S/C37H48BF2N4O5.C18H26BNO2.C18H25F2N3O2.W/c1-33(2,43-16-15-37(39,40)22-43)20-25(21-41)31(45)44-27-11-13-36(44,14-12-27)23-47-32(46)42-30(17-24-9-7-6-8-10-24)38-48-29-19-26-18-28(34(26,3)4)35(29,5)49-38;1-17(2)13-10-14(17)18(3)15(11-13)21-19(22-18)16(20)9-12-7-5-4-6-8-12;1-16(2,22-8-7-18(19,20)11-22)9-13(10-21)15(25)23-14-3-5-17(23,12-24)6-4-14;/h6-10,20,26-28,30H,11-19,22-23H2,1-5H3,(H,42,46);4-8,13-16H,9-11,20H2,1-3H3;9,14,24H,3-8,11-12H2,1-2H3;/q-1;;;/t26-,27?,28-,30-,35-,36?;13-,14-,15+,16-,18-;;/m00../s1. The Morgan fingerprint density at radius 1 is 0.711 bits per heavy atom. The summed E-state index contributed by atoms with van der Waals surface area (Å²) in [7, 11) is -0.950. The van der Waals surface area contributed by atoms with Gasteiger partial charge in [-0.15, -0.1) is 0 Å². The van der Waals surface area contributed by atoms with Gasteiger partial charge >= 0.3 is 20.3 Å². The van der Waals surface area contributed by atoms with Gasteiger partial charge in [-0.2, -0.15) is 23.0 Å². The molecular formula is C73H99B2F4N8O9W-. The molecule has 0 spiro atoms. The molecular weight excluding hydrogens is 1410 g/mol. The molecule has 24 heteroatoms. The van der Waals surface area contributed by atoms with E-state index < -0.39 is 71.2 Å². The fraction of sp³-hybridized carbons (Fsp3) is 0.699. The predicted octanol–water partition coefficient (Wildman–Crippen LogP) is 10.7. The summed E-state index contributed by atoms with van der Waals surface area (Å²) in [6, 6.07) is 24.3. The SMILES string of the molecule is CC(C)(C=C(C#N)C(=O)N1C2CCC1(CO)CC2)N1CCC(F)(F)C1.CC1(C)[C@@H]2C[C-]3OB([C@H](Cc4ccccc4)NC(=O)OCC45CCC(CC4)N5C(=O)C(C#N)=CC(C)(C)N4CCC(F)(F)C4)O[C@@]3(C)[C@H]1C2.CC1(C)[C@@H]2C[C@H]3OB([C@@H](N)Cc4ccccc4)O[C@@]3(C)[C@H]1C2.[W]. The van der Waals surface area contributed by atoms with Crippen molar-refractivity contribution in [3.63, 3.8) is 0 Å². The molecule has 2 aromatic carbocycles. The van der Waals surface area contributed by atoms with E-state index >= 15 is 0 Å². The van der Waals surface area contributed by atoms with Crippen LogP contribution in [0.4, 0.5) is 22.4 Å². The Balaban J connectivity index is 0.000000165. The van der Waals surface area contributed by atoms with Crippen LogP contribution >= 0.6 is 0 Å². The summed E-state index contributed by atoms with van der Waals surface area (Å²) in [6.45, 7) is 20.3. The third-order valence-electron chi connectivity index (χ3n) is 25.7. The van der Waals surface area contributed by atoms with Crippen molar-refractivity contribution in [3.05, 3.63) is 101 Å². The number of ether oxygens (including phenoxy) is 1. The summed E-state index contributed by atoms with van der Waals surface area (Å²) >= 11 is 0. The number of fused-ring (bicyclic) bond motifs is 4. The maximum Gasteiger partial charge on any atom is 0.475 e. The van der Waals surface area contributed by atoms with Crippen molar-refractivity contribution in [3.8, 4) is 12.1 Å². The summed E-state index contributed by atoms with van der Waals surface area (Å²) in [6.07, 6.45) is 14.7. The van der Waals surface area contributed by atoms with Crippen molar-refractivity contribution in [1.82, 2.24) is 24.9 Å². The van der Waals surface area contributed by atoms with Gasteiger partial charge in [-0.1, -0.05) is 101 Å². The fourth-order valence-corrected chi connectivity index (χ4v) is 19.5. The second kappa shape index (κ2) is 26.9. The first-order chi connectivity index (χ1) is 45.1. The third kappa shape index (κ3) is 13.7. The van der Waals surface area contributed by atoms with Gasteiger partial charge in [0.05, 0.1) is 48.4 Å². The Hall–Kier alpha value is -4.67. The van der Waals surface area contributed by atoms with Gasteiger partial charge in [-0.05, 0) is 176 Å². The van der Waals surface area contributed by atoms with Crippen LogP contribution in [-0.4, -0.2) is 172 Å². The summed E-state index contributed by atoms with van der Waals surface area (Å²) in [4.78, 5) is 47.1. The van der Waals surface area contributed by atoms with Crippen molar-refractivity contribution in [2.45, 2.75) is 247 Å². The number of benzene rings is 2. The van der Waals surface area contributed by atoms with Gasteiger partial charge in [0.15, 0.2) is 0 Å². The fourth-order valence-electron chi connectivity index (χ4n) is 19.5. The van der Waals surface area contributed by atoms with Crippen molar-refractivity contribution in [1.29, 1.82) is 10.5 Å². The average Bonchev–Trinajstić information content (AvgIpc) is 0.764. The van der Waals surface area contributed by atoms with Crippen LogP contribution in [0.3, 0.4) is 0 Å². The Morgan fingerprint density at radius 3 is 1.67 bits per heavy atom. The van der Waals surface area contributed by atoms with E-state index in [0.717, 1.165) is 81.8 Å². The zero-order chi connectivity index (χ0) is 69.0. The topological polar surface area (TPSA) is 216 Å². The molecule has 8 saturated heterocycles. The molecule has 97 heavy (non-hydrogen) atoms. The number of aliphatic hydroxyl groups is 1. The number of carbonyl (C=O) groups excluding carboxylic acids is 3. The van der Waals surface area contributed by atoms with Crippen LogP contribution in [0.15, 0.2) is 84.0 Å². The predicted molar refractivity (Wildman–Crippen MR) is 355 cm³/mol. The molecule has 0 unspecified atom stereocenters. The molecule has 0 aromatic heterocycles. The number of hydrogen-bond acceptors (Lipinski definition) is 14. The number of aliphatic hydroxyl groups excluding tert-OH is 1. The number of amides is 3. The molecule has 14 aliphatic rings. The molecule has 8 bridgehead atoms. The van der Waals surface area contributed by atoms with Gasteiger partial charge in [0.1, 0.15) is 29.9 Å². The van der Waals surface area contributed by atoms with Crippen molar-refractivity contribution >= 4 is 32.1 Å². The van der Waals surface area contributed by atoms with Crippen LogP contribution < -0.4 is 11.1 Å². The van der Waals surface area contributed by atoms with E-state index in [4.69, 9.17) is 29.1 Å². The number of nitrogens with two attached hydrogens (primary N) is 1. The summed E-state index contributed by atoms with van der Waals surface area (Å²) in [5.74, 6) is -4.67. The Bertz CT molecular complexity index is 3400. The van der Waals surface area contributed by atoms with E-state index in [2.05, 4.69) is 77.2 Å². The molecule has 9 atom stereocenters. The van der Waals surface area contributed by atoms with E-state index in [-0.39, 0.29) is 126 Å². The number of nitrogens with one attached hydrogen (secondary N) is 1. The molecule has 17 nitrogen and oxygen atoms in total. The first-order valence-corrected chi connectivity index (χ1v) is 35.2. The van der Waals surface area contributed by atoms with Gasteiger partial charge in [0.2, 0.25) is 0 Å². The van der Waals surface area contributed by atoms with Crippen molar-refractivity contribution in [2.24, 2.45) is 40.2 Å². The molecule has 14 fully saturated rings. The monoisotopic (exact) mass is 1510 g/mol. The molecule has 16 rings (SSSR count). The molecule has 4 N–H and O–H groups in total. The molecule has 526 valence electrons. The maximum absolute atomic E-state index is 14.0. The largest absolute Gasteiger partial charge is 0.582 e. The van der Waals surface area contributed by atoms with Crippen molar-refractivity contribution < 1.29 is 81.5 Å². The van der Waals surface area contributed by atoms with Crippen LogP contribution in [0.1, 0.15) is 170 Å². The first-order valence-electron chi connectivity index (χ1n) is 35.2. The Morgan fingerprint density at radius 2 is 1.20 bits per heavy atom. The smallest absolute Gasteiger partial charge is 0.475 e. The average molecular weight is 1510 g/mol. The minimum atomic E-state index is -2.79. The molecule has 8 aliphatic heterocycles. The number of carbonyl (C=O) groups is 3. The van der Waals surface area contributed by atoms with Crippen molar-refractivity contribution in [2.75, 3.05) is 39.4 Å². The van der Waals surface area contributed by atoms with Gasteiger partial charge in [-0.3, -0.25) is 19.4 Å². The molecule has 6 saturated carbocycles. The maximum atomic E-state index is 14.0. The van der Waals surface area contributed by atoms with E-state index in [1.165, 1.54) is 24.1 Å². The summed E-state index contributed by atoms with van der Waals surface area (Å²) < 4.78 is 86.9. The van der Waals surface area contributed by atoms with E-state index in [1.807, 2.05) is 42.5 Å². The molecule has 0 radical (unpaired) electrons. The third-order valence-corrected chi connectivity index (χ3v) is 25.7. The van der Waals surface area contributed by atoms with Crippen LogP contribution in [0.5, 0.6) is 0 Å². The van der Waals surface area contributed by atoms with Gasteiger partial charge in [0.25, 0.3) is 23.7 Å². The minimum Gasteiger partial charge on any atom is -0.582 e. The van der Waals surface area contributed by atoms with Crippen LogP contribution in [-0.2, 0) is 66.9 Å². The zero-order valence-corrected chi connectivity index (χ0v) is 61.2. The zero-order valence-electron chi connectivity index (χ0n) is 58.2. The number of nitrogens with zero attached hydrogens (tertiary/aromatic N) is 6. The number of halogens is 4. The Kier molecular flexibility index (Phi) is 20.4. The first kappa shape index (κ1) is 73.5. The van der Waals surface area contributed by atoms with Gasteiger partial charge in [-0.25, -0.2) is 22.4 Å². The van der Waals surface area contributed by atoms with Crippen LogP contribution in [0, 0.1) is 63.3 Å². The summed E-state index contributed by atoms with van der Waals surface area (Å²) in [5.41, 5.74) is 5.44. The number of hydrogen-bond donors (Lipinski definition) is 3. The quantitative estimate of drug-likeness (QED) is 0.0469. The second-order valence-electron chi connectivity index (χ2n) is 33.0. The van der Waals surface area contributed by atoms with Crippen LogP contribution in [0.25, 0.3) is 0 Å². The molecule has 6 aliphatic carbocycles. The molecule has 3 amide bonds. The van der Waals surface area contributed by atoms with E-state index in [9.17, 15) is 47.6 Å². The number of likely N-dealkylation sites (tertiary alicyclic amines) is 2. The molecule has 2 aromatic rings. The number of rotatable bonds is 16. The number of nitriles is 2. The number of alkyl halides is 4. The van der Waals surface area contributed by atoms with Crippen LogP contribution in [0.2, 0.25) is 0 Å². The minimum absolute atomic E-state index is 0. The Labute approximate surface area is 586 Å². The second-order valence-corrected chi connectivity index (χ2v) is 33.0. The normalized spacial score (nSPS) is 34.5. The van der Waals surface area contributed by atoms with Gasteiger partial charge in [0, 0.05) is 76.1 Å².